The Morgan fingerprint density at radius 3 is 2.44 bits per heavy atom. The maximum Gasteiger partial charge on any atom is 0.0485 e. The van der Waals surface area contributed by atoms with E-state index >= 15 is 0 Å². The minimum absolute atomic E-state index is 0.973. The lowest BCUT2D eigenvalue weighted by Gasteiger charge is -2.18. The summed E-state index contributed by atoms with van der Waals surface area (Å²) in [7, 11) is 6.42. The molecule has 0 radical (unpaired) electrons. The minimum Gasteiger partial charge on any atom is -0.383 e. The standard InChI is InChI=1S/C14H24BrN3/c1-17(2)10-6-11-18(3)12-9-16-14-8-5-4-7-13(14)15/h4-5,7-8,16H,6,9-12H2,1-3H3. The van der Waals surface area contributed by atoms with Crippen LogP contribution < -0.4 is 5.32 Å². The molecule has 1 N–H and O–H groups in total. The predicted octanol–water partition coefficient (Wildman–Crippen LogP) is 2.74. The fourth-order valence-corrected chi connectivity index (χ4v) is 2.18. The van der Waals surface area contributed by atoms with Gasteiger partial charge in [0.05, 0.1) is 0 Å². The molecule has 0 amide bonds. The number of para-hydroxylation sites is 1. The average molecular weight is 314 g/mol. The molecule has 0 saturated heterocycles. The van der Waals surface area contributed by atoms with Gasteiger partial charge in [-0.25, -0.2) is 0 Å². The molecule has 4 heteroatoms. The topological polar surface area (TPSA) is 18.5 Å². The van der Waals surface area contributed by atoms with Gasteiger partial charge in [0.25, 0.3) is 0 Å². The van der Waals surface area contributed by atoms with Crippen molar-refractivity contribution in [2.75, 3.05) is 52.6 Å². The molecule has 0 aliphatic heterocycles. The molecular formula is C14H24BrN3. The second kappa shape index (κ2) is 8.51. The molecule has 3 nitrogen and oxygen atoms in total. The van der Waals surface area contributed by atoms with Gasteiger partial charge in [0.15, 0.2) is 0 Å². The lowest BCUT2D eigenvalue weighted by Crippen LogP contribution is -2.28. The fraction of sp³-hybridized carbons (Fsp3) is 0.571. The van der Waals surface area contributed by atoms with E-state index < -0.39 is 0 Å². The summed E-state index contributed by atoms with van der Waals surface area (Å²) < 4.78 is 1.13. The maximum atomic E-state index is 3.54. The van der Waals surface area contributed by atoms with Crippen LogP contribution >= 0.6 is 15.9 Å². The van der Waals surface area contributed by atoms with E-state index in [0.29, 0.717) is 0 Å². The van der Waals surface area contributed by atoms with Crippen LogP contribution in [0, 0.1) is 0 Å². The third kappa shape index (κ3) is 6.38. The maximum absolute atomic E-state index is 3.54. The van der Waals surface area contributed by atoms with E-state index in [1.54, 1.807) is 0 Å². The number of rotatable bonds is 8. The van der Waals surface area contributed by atoms with Gasteiger partial charge in [0, 0.05) is 23.2 Å². The Bertz CT molecular complexity index is 342. The number of hydrogen-bond donors (Lipinski definition) is 1. The van der Waals surface area contributed by atoms with E-state index in [0.717, 1.165) is 30.7 Å². The van der Waals surface area contributed by atoms with Gasteiger partial charge in [-0.15, -0.1) is 0 Å². The lowest BCUT2D eigenvalue weighted by atomic mass is 10.3. The first-order valence-electron chi connectivity index (χ1n) is 6.41. The Kier molecular flexibility index (Phi) is 7.32. The van der Waals surface area contributed by atoms with Crippen LogP contribution in [0.1, 0.15) is 6.42 Å². The summed E-state index contributed by atoms with van der Waals surface area (Å²) in [6, 6.07) is 8.23. The van der Waals surface area contributed by atoms with E-state index in [4.69, 9.17) is 0 Å². The van der Waals surface area contributed by atoms with Gasteiger partial charge in [-0.05, 0) is 68.7 Å². The summed E-state index contributed by atoms with van der Waals surface area (Å²) in [5, 5.41) is 3.44. The minimum atomic E-state index is 0.973. The Labute approximate surface area is 119 Å². The highest BCUT2D eigenvalue weighted by Crippen LogP contribution is 2.20. The molecule has 0 aromatic heterocycles. The largest absolute Gasteiger partial charge is 0.383 e. The Morgan fingerprint density at radius 1 is 1.06 bits per heavy atom. The number of benzene rings is 1. The van der Waals surface area contributed by atoms with E-state index in [9.17, 15) is 0 Å². The molecule has 0 spiro atoms. The first kappa shape index (κ1) is 15.5. The smallest absolute Gasteiger partial charge is 0.0485 e. The van der Waals surface area contributed by atoms with Gasteiger partial charge in [0.2, 0.25) is 0 Å². The summed E-state index contributed by atoms with van der Waals surface area (Å²) >= 11 is 3.54. The molecule has 0 bridgehead atoms. The molecule has 0 atom stereocenters. The first-order valence-corrected chi connectivity index (χ1v) is 7.20. The Morgan fingerprint density at radius 2 is 1.78 bits per heavy atom. The molecular weight excluding hydrogens is 290 g/mol. The highest BCUT2D eigenvalue weighted by molar-refractivity contribution is 9.10. The van der Waals surface area contributed by atoms with Crippen LogP contribution in [0.25, 0.3) is 0 Å². The van der Waals surface area contributed by atoms with Crippen LogP contribution in [-0.4, -0.2) is 57.1 Å². The van der Waals surface area contributed by atoms with Gasteiger partial charge in [-0.1, -0.05) is 12.1 Å². The first-order chi connectivity index (χ1) is 8.59. The molecule has 1 aromatic rings. The van der Waals surface area contributed by atoms with Crippen molar-refractivity contribution in [3.63, 3.8) is 0 Å². The molecule has 1 aromatic carbocycles. The van der Waals surface area contributed by atoms with Crippen LogP contribution in [0.2, 0.25) is 0 Å². The Hall–Kier alpha value is -0.580. The van der Waals surface area contributed by atoms with Crippen LogP contribution in [0.4, 0.5) is 5.69 Å². The average Bonchev–Trinajstić information content (AvgIpc) is 2.31. The number of hydrogen-bond acceptors (Lipinski definition) is 3. The van der Waals surface area contributed by atoms with Gasteiger partial charge in [-0.3, -0.25) is 0 Å². The van der Waals surface area contributed by atoms with E-state index in [-0.39, 0.29) is 0 Å². The van der Waals surface area contributed by atoms with E-state index in [1.165, 1.54) is 12.1 Å². The van der Waals surface area contributed by atoms with Crippen LogP contribution in [-0.2, 0) is 0 Å². The van der Waals surface area contributed by atoms with Crippen LogP contribution in [0.5, 0.6) is 0 Å². The summed E-state index contributed by atoms with van der Waals surface area (Å²) in [4.78, 5) is 4.60. The number of nitrogens with one attached hydrogen (secondary N) is 1. The second-order valence-electron chi connectivity index (χ2n) is 4.87. The van der Waals surface area contributed by atoms with Gasteiger partial charge in [0.1, 0.15) is 0 Å². The van der Waals surface area contributed by atoms with Crippen molar-refractivity contribution < 1.29 is 0 Å². The van der Waals surface area contributed by atoms with Crippen molar-refractivity contribution in [2.45, 2.75) is 6.42 Å². The summed E-state index contributed by atoms with van der Waals surface area (Å²) in [5.41, 5.74) is 1.17. The molecule has 0 heterocycles. The van der Waals surface area contributed by atoms with Crippen molar-refractivity contribution in [3.8, 4) is 0 Å². The molecule has 0 saturated carbocycles. The van der Waals surface area contributed by atoms with Crippen molar-refractivity contribution >= 4 is 21.6 Å². The van der Waals surface area contributed by atoms with Gasteiger partial charge >= 0.3 is 0 Å². The third-order valence-electron chi connectivity index (χ3n) is 2.83. The SMILES string of the molecule is CN(C)CCCN(C)CCNc1ccccc1Br. The van der Waals surface area contributed by atoms with Gasteiger partial charge in [-0.2, -0.15) is 0 Å². The zero-order valence-electron chi connectivity index (χ0n) is 11.6. The molecule has 0 unspecified atom stereocenters. The summed E-state index contributed by atoms with van der Waals surface area (Å²) in [6.07, 6.45) is 1.22. The molecule has 102 valence electrons. The number of likely N-dealkylation sites (N-methyl/N-ethyl adjacent to an activating group) is 1. The van der Waals surface area contributed by atoms with Crippen molar-refractivity contribution in [3.05, 3.63) is 28.7 Å². The monoisotopic (exact) mass is 313 g/mol. The third-order valence-corrected chi connectivity index (χ3v) is 3.52. The number of halogens is 1. The number of nitrogens with zero attached hydrogens (tertiary/aromatic N) is 2. The summed E-state index contributed by atoms with van der Waals surface area (Å²) in [6.45, 7) is 4.34. The van der Waals surface area contributed by atoms with Gasteiger partial charge < -0.3 is 15.1 Å². The Balaban J connectivity index is 2.15. The number of anilines is 1. The highest BCUT2D eigenvalue weighted by Gasteiger charge is 2.00. The molecule has 0 aliphatic carbocycles. The molecule has 0 aliphatic rings. The quantitative estimate of drug-likeness (QED) is 0.796. The zero-order valence-corrected chi connectivity index (χ0v) is 13.2. The predicted molar refractivity (Wildman–Crippen MR) is 83.3 cm³/mol. The highest BCUT2D eigenvalue weighted by atomic mass is 79.9. The van der Waals surface area contributed by atoms with Crippen molar-refractivity contribution in [1.82, 2.24) is 9.80 Å². The normalized spacial score (nSPS) is 11.2. The van der Waals surface area contributed by atoms with Crippen LogP contribution in [0.3, 0.4) is 0 Å². The lowest BCUT2D eigenvalue weighted by molar-refractivity contribution is 0.308. The van der Waals surface area contributed by atoms with Crippen LogP contribution in [0.15, 0.2) is 28.7 Å². The fourth-order valence-electron chi connectivity index (χ4n) is 1.75. The van der Waals surface area contributed by atoms with E-state index in [1.807, 2.05) is 12.1 Å². The molecule has 0 fully saturated rings. The summed E-state index contributed by atoms with van der Waals surface area (Å²) in [5.74, 6) is 0. The molecule has 1 rings (SSSR count). The second-order valence-corrected chi connectivity index (χ2v) is 5.72. The van der Waals surface area contributed by atoms with Crippen molar-refractivity contribution in [2.24, 2.45) is 0 Å². The molecule has 18 heavy (non-hydrogen) atoms. The van der Waals surface area contributed by atoms with E-state index in [2.05, 4.69) is 64.3 Å². The van der Waals surface area contributed by atoms with Crippen molar-refractivity contribution in [1.29, 1.82) is 0 Å². The zero-order chi connectivity index (χ0) is 13.4.